The van der Waals surface area contributed by atoms with Gasteiger partial charge in [-0.25, -0.2) is 0 Å². The van der Waals surface area contributed by atoms with Crippen molar-refractivity contribution >= 4 is 6.09 Å². The zero-order valence-electron chi connectivity index (χ0n) is 9.35. The minimum absolute atomic E-state index is 0.163. The standard InChI is InChI=1S/C8H16N4O3/c1-6(5-15-8(2,3)4)12(7(13)14)11-10-9/h6,9H,5H2,1-4H3. The largest absolute Gasteiger partial charge is 0.509 e. The van der Waals surface area contributed by atoms with Crippen LogP contribution in [0.3, 0.4) is 0 Å². The molecule has 0 aliphatic rings. The van der Waals surface area contributed by atoms with Gasteiger partial charge in [0.1, 0.15) is 6.04 Å². The summed E-state index contributed by atoms with van der Waals surface area (Å²) in [5, 5.41) is 14.3. The molecule has 0 saturated carbocycles. The van der Waals surface area contributed by atoms with Crippen LogP contribution in [0.25, 0.3) is 0 Å². The lowest BCUT2D eigenvalue weighted by molar-refractivity contribution is -0.269. The number of ether oxygens (including phenoxy) is 1. The Morgan fingerprint density at radius 2 is 2.20 bits per heavy atom. The summed E-state index contributed by atoms with van der Waals surface area (Å²) in [4.78, 5) is 13.2. The Hall–Kier alpha value is -1.46. The third-order valence-corrected chi connectivity index (χ3v) is 1.50. The van der Waals surface area contributed by atoms with Crippen molar-refractivity contribution in [1.29, 1.82) is 5.53 Å². The maximum atomic E-state index is 10.6. The fraction of sp³-hybridized carbons (Fsp3) is 0.875. The van der Waals surface area contributed by atoms with E-state index in [1.165, 1.54) is 0 Å². The van der Waals surface area contributed by atoms with Gasteiger partial charge in [0.25, 0.3) is 6.09 Å². The highest BCUT2D eigenvalue weighted by Gasteiger charge is 2.24. The van der Waals surface area contributed by atoms with E-state index < -0.39 is 12.1 Å². The number of carbonyl (C=O) groups excluding carboxylic acids is 1. The Morgan fingerprint density at radius 1 is 1.67 bits per heavy atom. The van der Waals surface area contributed by atoms with Crippen LogP contribution in [0.15, 0.2) is 5.22 Å². The molecule has 0 aliphatic heterocycles. The van der Waals surface area contributed by atoms with E-state index in [1.807, 2.05) is 20.8 Å². The number of hydrogen-bond acceptors (Lipinski definition) is 5. The van der Waals surface area contributed by atoms with E-state index >= 15 is 0 Å². The van der Waals surface area contributed by atoms with Crippen LogP contribution < -0.4 is 10.0 Å². The maximum absolute atomic E-state index is 10.6. The zero-order chi connectivity index (χ0) is 12.1. The Kier molecular flexibility index (Phi) is 4.90. The molecule has 86 valence electrons. The lowest BCUT2D eigenvalue weighted by Gasteiger charge is -2.23. The quantitative estimate of drug-likeness (QED) is 0.415. The molecule has 1 N–H and O–H groups in total. The molecule has 1 atom stereocenters. The van der Waals surface area contributed by atoms with Gasteiger partial charge in [-0.2, -0.15) is 0 Å². The van der Waals surface area contributed by atoms with E-state index in [2.05, 4.69) is 10.1 Å². The maximum Gasteiger partial charge on any atom is 0.266 e. The van der Waals surface area contributed by atoms with Crippen molar-refractivity contribution in [1.82, 2.24) is 9.92 Å². The molecule has 0 aliphatic carbocycles. The summed E-state index contributed by atoms with van der Waals surface area (Å²) in [5.41, 5.74) is 6.10. The molecule has 1 unspecified atom stereocenters. The number of nitrogens with zero attached hydrogens (tertiary/aromatic N) is 3. The molecule has 0 rings (SSSR count). The van der Waals surface area contributed by atoms with Crippen molar-refractivity contribution in [2.45, 2.75) is 39.3 Å². The second-order valence-electron chi connectivity index (χ2n) is 4.07. The molecule has 0 heterocycles. The highest BCUT2D eigenvalue weighted by atomic mass is 16.5. The van der Waals surface area contributed by atoms with Crippen LogP contribution in [-0.2, 0) is 4.74 Å². The smallest absolute Gasteiger partial charge is 0.266 e. The minimum Gasteiger partial charge on any atom is -0.509 e. The van der Waals surface area contributed by atoms with E-state index in [9.17, 15) is 9.90 Å². The van der Waals surface area contributed by atoms with E-state index in [4.69, 9.17) is 10.3 Å². The number of nitrogens with one attached hydrogen (secondary N) is 1. The first-order valence-electron chi connectivity index (χ1n) is 4.49. The lowest BCUT2D eigenvalue weighted by Crippen LogP contribution is -2.45. The molecule has 0 aromatic heterocycles. The number of carboxylic acid groups (broad SMARTS) is 1. The molecule has 7 nitrogen and oxygen atoms in total. The molecular weight excluding hydrogens is 200 g/mol. The number of rotatable bonds is 4. The summed E-state index contributed by atoms with van der Waals surface area (Å²) in [6.07, 6.45) is -1.50. The summed E-state index contributed by atoms with van der Waals surface area (Å²) >= 11 is 0. The van der Waals surface area contributed by atoms with E-state index in [0.717, 1.165) is 0 Å². The molecule has 0 aromatic carbocycles. The van der Waals surface area contributed by atoms with Gasteiger partial charge in [-0.1, -0.05) is 5.01 Å². The molecule has 15 heavy (non-hydrogen) atoms. The second kappa shape index (κ2) is 5.43. The topological polar surface area (TPSA) is 103 Å². The Balaban J connectivity index is 4.33. The van der Waals surface area contributed by atoms with Crippen LogP contribution in [0, 0.1) is 5.53 Å². The zero-order valence-corrected chi connectivity index (χ0v) is 9.35. The van der Waals surface area contributed by atoms with Gasteiger partial charge >= 0.3 is 0 Å². The van der Waals surface area contributed by atoms with Gasteiger partial charge in [0, 0.05) is 0 Å². The lowest BCUT2D eigenvalue weighted by atomic mass is 10.2. The normalized spacial score (nSPS) is 12.8. The average Bonchev–Trinajstić information content (AvgIpc) is 2.08. The van der Waals surface area contributed by atoms with Gasteiger partial charge in [0.15, 0.2) is 0 Å². The van der Waals surface area contributed by atoms with Crippen LogP contribution in [0.5, 0.6) is 0 Å². The average molecular weight is 216 g/mol. The molecule has 0 radical (unpaired) electrons. The molecule has 0 spiro atoms. The van der Waals surface area contributed by atoms with Crippen molar-refractivity contribution in [3.05, 3.63) is 0 Å². The minimum atomic E-state index is -1.50. The highest BCUT2D eigenvalue weighted by Crippen LogP contribution is 2.09. The first kappa shape index (κ1) is 13.5. The van der Waals surface area contributed by atoms with Crippen molar-refractivity contribution in [2.75, 3.05) is 6.61 Å². The van der Waals surface area contributed by atoms with Gasteiger partial charge in [0.05, 0.1) is 17.1 Å². The van der Waals surface area contributed by atoms with Crippen molar-refractivity contribution < 1.29 is 14.6 Å². The third-order valence-electron chi connectivity index (χ3n) is 1.50. The number of amides is 1. The predicted molar refractivity (Wildman–Crippen MR) is 49.7 cm³/mol. The van der Waals surface area contributed by atoms with Gasteiger partial charge in [-0.3, -0.25) is 0 Å². The predicted octanol–water partition coefficient (Wildman–Crippen LogP) is 0.301. The van der Waals surface area contributed by atoms with Crippen LogP contribution >= 0.6 is 0 Å². The number of carbonyl (C=O) groups is 1. The SMILES string of the molecule is CC(COC(C)(C)C)N(N=[N+]=N)C(=O)[O-]. The van der Waals surface area contributed by atoms with Gasteiger partial charge in [0.2, 0.25) is 5.22 Å². The highest BCUT2D eigenvalue weighted by molar-refractivity contribution is 5.62. The third kappa shape index (κ3) is 5.77. The van der Waals surface area contributed by atoms with Gasteiger partial charge in [-0.05, 0) is 33.2 Å². The molecular formula is C8H16N4O3. The summed E-state index contributed by atoms with van der Waals surface area (Å²) in [5.74, 6) is 0. The first-order valence-corrected chi connectivity index (χ1v) is 4.49. The molecule has 0 fully saturated rings. The van der Waals surface area contributed by atoms with Gasteiger partial charge in [-0.15, -0.1) is 0 Å². The van der Waals surface area contributed by atoms with Crippen LogP contribution in [0.1, 0.15) is 27.7 Å². The van der Waals surface area contributed by atoms with Crippen molar-refractivity contribution in [3.63, 3.8) is 0 Å². The second-order valence-corrected chi connectivity index (χ2v) is 4.07. The first-order chi connectivity index (χ1) is 6.78. The van der Waals surface area contributed by atoms with Crippen molar-refractivity contribution in [2.24, 2.45) is 5.22 Å². The Bertz CT molecular complexity index is 266. The number of hydrogen-bond donors (Lipinski definition) is 1. The fourth-order valence-corrected chi connectivity index (χ4v) is 0.794. The Morgan fingerprint density at radius 3 is 2.53 bits per heavy atom. The van der Waals surface area contributed by atoms with E-state index in [-0.39, 0.29) is 12.2 Å². The molecule has 0 bridgehead atoms. The van der Waals surface area contributed by atoms with Crippen molar-refractivity contribution in [3.8, 4) is 0 Å². The summed E-state index contributed by atoms with van der Waals surface area (Å²) in [6, 6.07) is -0.539. The molecule has 1 amide bonds. The van der Waals surface area contributed by atoms with Gasteiger partial charge < -0.3 is 14.6 Å². The van der Waals surface area contributed by atoms with Crippen LogP contribution in [0.4, 0.5) is 4.79 Å². The van der Waals surface area contributed by atoms with Crippen LogP contribution in [-0.4, -0.2) is 29.4 Å². The monoisotopic (exact) mass is 216 g/mol. The van der Waals surface area contributed by atoms with E-state index in [0.29, 0.717) is 5.01 Å². The molecule has 7 heteroatoms. The molecule has 0 aromatic rings. The van der Waals surface area contributed by atoms with Crippen LogP contribution in [0.2, 0.25) is 0 Å². The fourth-order valence-electron chi connectivity index (χ4n) is 0.794. The summed E-state index contributed by atoms with van der Waals surface area (Å²) in [7, 11) is 0. The molecule has 0 saturated heterocycles. The van der Waals surface area contributed by atoms with E-state index in [1.54, 1.807) is 6.92 Å². The Labute approximate surface area is 88.2 Å². The summed E-state index contributed by atoms with van der Waals surface area (Å²) < 4.78 is 5.37. The summed E-state index contributed by atoms with van der Waals surface area (Å²) in [6.45, 7) is 7.33.